The lowest BCUT2D eigenvalue weighted by atomic mass is 10.0. The molecule has 0 aliphatic carbocycles. The lowest BCUT2D eigenvalue weighted by Crippen LogP contribution is -2.47. The number of hydrogen-bond donors (Lipinski definition) is 3. The maximum absolute atomic E-state index is 13.4. The van der Waals surface area contributed by atoms with Gasteiger partial charge in [-0.3, -0.25) is 14.4 Å². The molecule has 0 saturated carbocycles. The lowest BCUT2D eigenvalue weighted by molar-refractivity contribution is -0.137. The molecule has 7 nitrogen and oxygen atoms in total. The van der Waals surface area contributed by atoms with E-state index in [4.69, 9.17) is 16.6 Å². The number of carboxylic acid groups (broad SMARTS) is 1. The van der Waals surface area contributed by atoms with Crippen molar-refractivity contribution in [1.29, 1.82) is 0 Å². The van der Waals surface area contributed by atoms with Gasteiger partial charge in [0.25, 0.3) is 5.91 Å². The van der Waals surface area contributed by atoms with Crippen molar-refractivity contribution < 1.29 is 19.5 Å². The predicted octanol–water partition coefficient (Wildman–Crippen LogP) is 3.03. The number of carbonyl (C=O) groups excluding carboxylic acids is 2. The van der Waals surface area contributed by atoms with E-state index in [9.17, 15) is 14.4 Å². The summed E-state index contributed by atoms with van der Waals surface area (Å²) in [5.41, 5.74) is 14.6. The van der Waals surface area contributed by atoms with Crippen molar-refractivity contribution in [2.24, 2.45) is 5.73 Å². The molecule has 5 N–H and O–H groups in total. The van der Waals surface area contributed by atoms with Crippen LogP contribution in [0, 0.1) is 11.8 Å². The van der Waals surface area contributed by atoms with Crippen molar-refractivity contribution >= 4 is 23.5 Å². The minimum atomic E-state index is -1.07. The topological polar surface area (TPSA) is 127 Å². The average Bonchev–Trinajstić information content (AvgIpc) is 2.82. The molecule has 172 valence electrons. The summed E-state index contributed by atoms with van der Waals surface area (Å²) in [5, 5.41) is 9.07. The lowest BCUT2D eigenvalue weighted by Gasteiger charge is -2.30. The second-order valence-electron chi connectivity index (χ2n) is 7.72. The summed E-state index contributed by atoms with van der Waals surface area (Å²) in [5.74, 6) is 3.81. The largest absolute Gasteiger partial charge is 0.481 e. The molecule has 3 aromatic rings. The van der Waals surface area contributed by atoms with Crippen LogP contribution in [0.5, 0.6) is 0 Å². The molecule has 0 radical (unpaired) electrons. The molecule has 0 saturated heterocycles. The molecule has 2 amide bonds. The number of nitrogens with two attached hydrogens (primary N) is 2. The van der Waals surface area contributed by atoms with E-state index in [2.05, 4.69) is 11.8 Å². The van der Waals surface area contributed by atoms with Crippen LogP contribution < -0.4 is 11.5 Å². The quantitative estimate of drug-likeness (QED) is 0.355. The summed E-state index contributed by atoms with van der Waals surface area (Å²) >= 11 is 0. The number of aliphatic carboxylic acids is 1. The summed E-state index contributed by atoms with van der Waals surface area (Å²) in [6.07, 6.45) is -0.363. The molecule has 1 atom stereocenters. The van der Waals surface area contributed by atoms with Gasteiger partial charge in [-0.1, -0.05) is 48.2 Å². The van der Waals surface area contributed by atoms with Crippen LogP contribution >= 0.6 is 0 Å². The van der Waals surface area contributed by atoms with Crippen LogP contribution in [0.3, 0.4) is 0 Å². The van der Waals surface area contributed by atoms with E-state index in [1.165, 1.54) is 4.90 Å². The van der Waals surface area contributed by atoms with E-state index in [0.29, 0.717) is 16.8 Å². The van der Waals surface area contributed by atoms with Crippen LogP contribution in [0.15, 0.2) is 78.9 Å². The highest BCUT2D eigenvalue weighted by Gasteiger charge is 2.29. The van der Waals surface area contributed by atoms with Crippen LogP contribution in [0.25, 0.3) is 0 Å². The molecule has 0 heterocycles. The zero-order valence-corrected chi connectivity index (χ0v) is 18.5. The Kier molecular flexibility index (Phi) is 8.03. The Morgan fingerprint density at radius 2 is 1.56 bits per heavy atom. The van der Waals surface area contributed by atoms with Crippen molar-refractivity contribution in [2.75, 3.05) is 5.73 Å². The molecule has 7 heteroatoms. The Morgan fingerprint density at radius 1 is 0.882 bits per heavy atom. The standard InChI is InChI=1S/C27H25N3O4/c28-23-8-4-7-20(17-23)10-9-19-11-13-22(14-12-19)27(34)30(18-21-5-2-1-3-6-21)24(26(29)33)15-16-25(31)32/h1-8,11-14,17,24H,15-16,18,28H2,(H2,29,33)(H,31,32)/t24-/m0/s1. The monoisotopic (exact) mass is 455 g/mol. The summed E-state index contributed by atoms with van der Waals surface area (Å²) in [4.78, 5) is 38.0. The molecule has 0 aliphatic rings. The molecule has 0 unspecified atom stereocenters. The zero-order valence-electron chi connectivity index (χ0n) is 18.5. The van der Waals surface area contributed by atoms with Crippen LogP contribution in [-0.2, 0) is 16.1 Å². The Hall–Kier alpha value is -4.57. The zero-order chi connectivity index (χ0) is 24.5. The predicted molar refractivity (Wildman–Crippen MR) is 129 cm³/mol. The number of rotatable bonds is 8. The van der Waals surface area contributed by atoms with E-state index < -0.39 is 23.8 Å². The third kappa shape index (κ3) is 6.71. The highest BCUT2D eigenvalue weighted by atomic mass is 16.4. The molecule has 3 aromatic carbocycles. The van der Waals surface area contributed by atoms with Gasteiger partial charge in [-0.25, -0.2) is 0 Å². The first-order chi connectivity index (χ1) is 16.3. The second kappa shape index (κ2) is 11.3. The normalized spacial score (nSPS) is 11.1. The summed E-state index contributed by atoms with van der Waals surface area (Å²) < 4.78 is 0. The van der Waals surface area contributed by atoms with Crippen molar-refractivity contribution in [3.05, 3.63) is 101 Å². The number of amides is 2. The van der Waals surface area contributed by atoms with Crippen LogP contribution in [0.2, 0.25) is 0 Å². The average molecular weight is 456 g/mol. The summed E-state index contributed by atoms with van der Waals surface area (Å²) in [7, 11) is 0. The second-order valence-corrected chi connectivity index (χ2v) is 7.72. The molecular weight excluding hydrogens is 430 g/mol. The van der Waals surface area contributed by atoms with Gasteiger partial charge in [0, 0.05) is 35.3 Å². The highest BCUT2D eigenvalue weighted by molar-refractivity contribution is 5.97. The number of anilines is 1. The minimum absolute atomic E-state index is 0.0764. The summed E-state index contributed by atoms with van der Waals surface area (Å²) in [6.45, 7) is 0.115. The van der Waals surface area contributed by atoms with E-state index in [0.717, 1.165) is 11.1 Å². The van der Waals surface area contributed by atoms with Gasteiger partial charge in [0.15, 0.2) is 0 Å². The third-order valence-electron chi connectivity index (χ3n) is 5.16. The molecule has 3 rings (SSSR count). The van der Waals surface area contributed by atoms with Crippen LogP contribution in [0.4, 0.5) is 5.69 Å². The van der Waals surface area contributed by atoms with Crippen LogP contribution in [0.1, 0.15) is 39.9 Å². The van der Waals surface area contributed by atoms with Gasteiger partial charge >= 0.3 is 5.97 Å². The number of nitrogens with zero attached hydrogens (tertiary/aromatic N) is 1. The molecule has 0 aliphatic heterocycles. The molecule has 34 heavy (non-hydrogen) atoms. The number of nitrogen functional groups attached to an aromatic ring is 1. The van der Waals surface area contributed by atoms with E-state index in [1.807, 2.05) is 42.5 Å². The van der Waals surface area contributed by atoms with E-state index in [1.54, 1.807) is 36.4 Å². The van der Waals surface area contributed by atoms with Crippen molar-refractivity contribution in [2.45, 2.75) is 25.4 Å². The van der Waals surface area contributed by atoms with Crippen molar-refractivity contribution in [3.63, 3.8) is 0 Å². The number of carboxylic acids is 1. The first kappa shape index (κ1) is 24.1. The van der Waals surface area contributed by atoms with E-state index in [-0.39, 0.29) is 19.4 Å². The number of carbonyl (C=O) groups is 3. The maximum atomic E-state index is 13.4. The molecule has 0 fully saturated rings. The molecule has 0 bridgehead atoms. The van der Waals surface area contributed by atoms with Gasteiger partial charge in [-0.15, -0.1) is 0 Å². The fraction of sp³-hybridized carbons (Fsp3) is 0.148. The van der Waals surface area contributed by atoms with Crippen LogP contribution in [-0.4, -0.2) is 33.8 Å². The Morgan fingerprint density at radius 3 is 2.18 bits per heavy atom. The van der Waals surface area contributed by atoms with Gasteiger partial charge in [0.2, 0.25) is 5.91 Å². The maximum Gasteiger partial charge on any atom is 0.303 e. The fourth-order valence-electron chi connectivity index (χ4n) is 3.44. The Labute approximate surface area is 198 Å². The van der Waals surface area contributed by atoms with Gasteiger partial charge < -0.3 is 21.5 Å². The molecule has 0 aromatic heterocycles. The van der Waals surface area contributed by atoms with Gasteiger partial charge in [-0.05, 0) is 54.4 Å². The third-order valence-corrected chi connectivity index (χ3v) is 5.16. The summed E-state index contributed by atoms with van der Waals surface area (Å²) in [6, 6.07) is 22.0. The Balaban J connectivity index is 1.86. The van der Waals surface area contributed by atoms with Gasteiger partial charge in [0.1, 0.15) is 6.04 Å². The minimum Gasteiger partial charge on any atom is -0.481 e. The fourth-order valence-corrected chi connectivity index (χ4v) is 3.44. The van der Waals surface area contributed by atoms with E-state index >= 15 is 0 Å². The van der Waals surface area contributed by atoms with Crippen molar-refractivity contribution in [3.8, 4) is 11.8 Å². The molecular formula is C27H25N3O4. The first-order valence-corrected chi connectivity index (χ1v) is 10.7. The van der Waals surface area contributed by atoms with Gasteiger partial charge in [0.05, 0.1) is 0 Å². The first-order valence-electron chi connectivity index (χ1n) is 10.7. The molecule has 0 spiro atoms. The van der Waals surface area contributed by atoms with Crippen molar-refractivity contribution in [1.82, 2.24) is 4.90 Å². The number of primary amides is 1. The SMILES string of the molecule is NC(=O)[C@H](CCC(=O)O)N(Cc1ccccc1)C(=O)c1ccc(C#Cc2cccc(N)c2)cc1. The number of benzene rings is 3. The van der Waals surface area contributed by atoms with Gasteiger partial charge in [-0.2, -0.15) is 0 Å². The highest BCUT2D eigenvalue weighted by Crippen LogP contribution is 2.18. The smallest absolute Gasteiger partial charge is 0.303 e. The number of hydrogen-bond acceptors (Lipinski definition) is 4. The Bertz CT molecular complexity index is 1230.